The molecule has 0 saturated heterocycles. The first-order chi connectivity index (χ1) is 14.1. The number of furan rings is 1. The number of carbonyl (C=O) groups is 2. The van der Waals surface area contributed by atoms with Crippen LogP contribution in [0, 0.1) is 0 Å². The SMILES string of the molecule is Cn1nc(C(=O)NCc2ccccc2)c2c1CCN(C(=O)CCc1ccco1)C2. The quantitative estimate of drug-likeness (QED) is 0.699. The zero-order valence-corrected chi connectivity index (χ0v) is 16.4. The largest absolute Gasteiger partial charge is 0.469 e. The fourth-order valence-corrected chi connectivity index (χ4v) is 3.69. The van der Waals surface area contributed by atoms with Gasteiger partial charge in [0.1, 0.15) is 5.76 Å². The summed E-state index contributed by atoms with van der Waals surface area (Å²) in [4.78, 5) is 27.2. The first-order valence-corrected chi connectivity index (χ1v) is 9.79. The summed E-state index contributed by atoms with van der Waals surface area (Å²) in [7, 11) is 1.85. The molecule has 0 atom stereocenters. The molecule has 7 nitrogen and oxygen atoms in total. The summed E-state index contributed by atoms with van der Waals surface area (Å²) < 4.78 is 7.07. The van der Waals surface area contributed by atoms with E-state index in [0.717, 1.165) is 22.6 Å². The van der Waals surface area contributed by atoms with Crippen molar-refractivity contribution in [1.82, 2.24) is 20.0 Å². The van der Waals surface area contributed by atoms with Gasteiger partial charge in [-0.2, -0.15) is 5.10 Å². The fourth-order valence-electron chi connectivity index (χ4n) is 3.69. The molecule has 0 radical (unpaired) electrons. The van der Waals surface area contributed by atoms with Crippen LogP contribution in [0.2, 0.25) is 0 Å². The second kappa shape index (κ2) is 8.34. The van der Waals surface area contributed by atoms with Gasteiger partial charge in [-0.25, -0.2) is 0 Å². The van der Waals surface area contributed by atoms with Crippen LogP contribution in [0.4, 0.5) is 0 Å². The van der Waals surface area contributed by atoms with E-state index in [1.54, 1.807) is 15.8 Å². The van der Waals surface area contributed by atoms with Crippen LogP contribution in [0.1, 0.15) is 39.5 Å². The van der Waals surface area contributed by atoms with E-state index in [0.29, 0.717) is 44.6 Å². The van der Waals surface area contributed by atoms with Gasteiger partial charge in [-0.1, -0.05) is 30.3 Å². The van der Waals surface area contributed by atoms with E-state index >= 15 is 0 Å². The third-order valence-corrected chi connectivity index (χ3v) is 5.27. The topological polar surface area (TPSA) is 80.4 Å². The molecule has 2 amide bonds. The fraction of sp³-hybridized carbons (Fsp3) is 0.318. The predicted octanol–water partition coefficient (Wildman–Crippen LogP) is 2.46. The highest BCUT2D eigenvalue weighted by atomic mass is 16.3. The standard InChI is InChI=1S/C22H24N4O3/c1-25-19-11-12-26(20(27)10-9-17-8-5-13-29-17)15-18(19)21(24-25)22(28)23-14-16-6-3-2-4-7-16/h2-8,13H,9-12,14-15H2,1H3,(H,23,28). The van der Waals surface area contributed by atoms with Crippen molar-refractivity contribution < 1.29 is 14.0 Å². The van der Waals surface area contributed by atoms with Gasteiger partial charge in [-0.3, -0.25) is 14.3 Å². The van der Waals surface area contributed by atoms with Crippen molar-refractivity contribution in [3.8, 4) is 0 Å². The van der Waals surface area contributed by atoms with E-state index in [1.165, 1.54) is 0 Å². The molecule has 29 heavy (non-hydrogen) atoms. The van der Waals surface area contributed by atoms with Gasteiger partial charge >= 0.3 is 0 Å². The second-order valence-electron chi connectivity index (χ2n) is 7.21. The Morgan fingerprint density at radius 3 is 2.76 bits per heavy atom. The monoisotopic (exact) mass is 392 g/mol. The minimum atomic E-state index is -0.212. The Morgan fingerprint density at radius 2 is 2.00 bits per heavy atom. The number of carbonyl (C=O) groups excluding carboxylic acids is 2. The molecule has 150 valence electrons. The zero-order chi connectivity index (χ0) is 20.2. The molecule has 0 spiro atoms. The Balaban J connectivity index is 1.43. The van der Waals surface area contributed by atoms with Crippen molar-refractivity contribution >= 4 is 11.8 Å². The minimum absolute atomic E-state index is 0.0616. The molecule has 0 aliphatic carbocycles. The van der Waals surface area contributed by atoms with E-state index in [-0.39, 0.29) is 11.8 Å². The van der Waals surface area contributed by atoms with Crippen molar-refractivity contribution in [2.75, 3.05) is 6.54 Å². The van der Waals surface area contributed by atoms with Crippen LogP contribution in [-0.2, 0) is 37.8 Å². The number of rotatable bonds is 6. The molecule has 0 bridgehead atoms. The Bertz CT molecular complexity index is 993. The molecule has 3 heterocycles. The molecule has 0 saturated carbocycles. The average Bonchev–Trinajstić information content (AvgIpc) is 3.39. The molecule has 1 aliphatic rings. The highest BCUT2D eigenvalue weighted by molar-refractivity contribution is 5.94. The van der Waals surface area contributed by atoms with E-state index in [4.69, 9.17) is 4.42 Å². The number of aryl methyl sites for hydroxylation is 2. The number of aromatic nitrogens is 2. The first kappa shape index (κ1) is 19.0. The van der Waals surface area contributed by atoms with Crippen molar-refractivity contribution in [2.45, 2.75) is 32.4 Å². The average molecular weight is 392 g/mol. The minimum Gasteiger partial charge on any atom is -0.469 e. The first-order valence-electron chi connectivity index (χ1n) is 9.79. The normalized spacial score (nSPS) is 13.2. The van der Waals surface area contributed by atoms with Crippen molar-refractivity contribution in [3.05, 3.63) is 77.0 Å². The summed E-state index contributed by atoms with van der Waals surface area (Å²) in [6.45, 7) is 1.49. The van der Waals surface area contributed by atoms with Gasteiger partial charge < -0.3 is 14.6 Å². The van der Waals surface area contributed by atoms with Gasteiger partial charge in [0, 0.05) is 57.2 Å². The van der Waals surface area contributed by atoms with Crippen LogP contribution < -0.4 is 5.32 Å². The van der Waals surface area contributed by atoms with Gasteiger partial charge in [-0.15, -0.1) is 0 Å². The summed E-state index contributed by atoms with van der Waals surface area (Å²) >= 11 is 0. The van der Waals surface area contributed by atoms with E-state index in [9.17, 15) is 9.59 Å². The van der Waals surface area contributed by atoms with Crippen molar-refractivity contribution in [2.24, 2.45) is 7.05 Å². The smallest absolute Gasteiger partial charge is 0.272 e. The maximum atomic E-state index is 12.8. The Hall–Kier alpha value is -3.35. The van der Waals surface area contributed by atoms with E-state index in [1.807, 2.05) is 49.5 Å². The van der Waals surface area contributed by atoms with Crippen LogP contribution in [0.5, 0.6) is 0 Å². The van der Waals surface area contributed by atoms with Gasteiger partial charge in [0.25, 0.3) is 5.91 Å². The molecule has 0 fully saturated rings. The van der Waals surface area contributed by atoms with Crippen LogP contribution in [-0.4, -0.2) is 33.0 Å². The lowest BCUT2D eigenvalue weighted by molar-refractivity contribution is -0.132. The molecule has 0 unspecified atom stereocenters. The highest BCUT2D eigenvalue weighted by Crippen LogP contribution is 2.23. The number of benzene rings is 1. The number of nitrogens with zero attached hydrogens (tertiary/aromatic N) is 3. The molecule has 3 aromatic rings. The van der Waals surface area contributed by atoms with Crippen molar-refractivity contribution in [1.29, 1.82) is 0 Å². The zero-order valence-electron chi connectivity index (χ0n) is 16.4. The van der Waals surface area contributed by atoms with Crippen LogP contribution in [0.25, 0.3) is 0 Å². The lowest BCUT2D eigenvalue weighted by atomic mass is 10.0. The lowest BCUT2D eigenvalue weighted by Crippen LogP contribution is -2.37. The molecular weight excluding hydrogens is 368 g/mol. The summed E-state index contributed by atoms with van der Waals surface area (Å²) in [5.74, 6) is 0.653. The number of fused-ring (bicyclic) bond motifs is 1. The molecule has 4 rings (SSSR count). The molecule has 1 aliphatic heterocycles. The van der Waals surface area contributed by atoms with Gasteiger partial charge in [0.2, 0.25) is 5.91 Å². The van der Waals surface area contributed by atoms with E-state index < -0.39 is 0 Å². The number of amides is 2. The second-order valence-corrected chi connectivity index (χ2v) is 7.21. The summed E-state index contributed by atoms with van der Waals surface area (Å²) in [5.41, 5.74) is 3.29. The Morgan fingerprint density at radius 1 is 1.17 bits per heavy atom. The third kappa shape index (κ3) is 4.23. The van der Waals surface area contributed by atoms with Crippen LogP contribution in [0.15, 0.2) is 53.1 Å². The van der Waals surface area contributed by atoms with Gasteiger partial charge in [0.05, 0.1) is 6.26 Å². The Kier molecular flexibility index (Phi) is 5.46. The van der Waals surface area contributed by atoms with Crippen LogP contribution in [0.3, 0.4) is 0 Å². The number of hydrogen-bond donors (Lipinski definition) is 1. The van der Waals surface area contributed by atoms with Gasteiger partial charge in [0.15, 0.2) is 5.69 Å². The lowest BCUT2D eigenvalue weighted by Gasteiger charge is -2.27. The Labute approximate surface area is 169 Å². The third-order valence-electron chi connectivity index (χ3n) is 5.27. The van der Waals surface area contributed by atoms with Crippen molar-refractivity contribution in [3.63, 3.8) is 0 Å². The molecule has 1 N–H and O–H groups in total. The molecular formula is C22H24N4O3. The predicted molar refractivity (Wildman–Crippen MR) is 107 cm³/mol. The number of nitrogens with one attached hydrogen (secondary N) is 1. The number of hydrogen-bond acceptors (Lipinski definition) is 4. The molecule has 1 aromatic carbocycles. The molecule has 2 aromatic heterocycles. The van der Waals surface area contributed by atoms with Gasteiger partial charge in [-0.05, 0) is 17.7 Å². The maximum Gasteiger partial charge on any atom is 0.272 e. The summed E-state index contributed by atoms with van der Waals surface area (Å²) in [6.07, 6.45) is 3.27. The maximum absolute atomic E-state index is 12.8. The van der Waals surface area contributed by atoms with Crippen LogP contribution >= 0.6 is 0 Å². The molecule has 7 heteroatoms. The summed E-state index contributed by atoms with van der Waals surface area (Å²) in [6, 6.07) is 13.5. The highest BCUT2D eigenvalue weighted by Gasteiger charge is 2.29. The van der Waals surface area contributed by atoms with E-state index in [2.05, 4.69) is 10.4 Å². The summed E-state index contributed by atoms with van der Waals surface area (Å²) in [5, 5.41) is 7.37.